The molecule has 2 heterocycles. The zero-order valence-corrected chi connectivity index (χ0v) is 9.54. The number of likely N-dealkylation sites (tertiary alicyclic amines) is 1. The Morgan fingerprint density at radius 1 is 1.41 bits per heavy atom. The second-order valence-electron chi connectivity index (χ2n) is 4.16. The molecule has 1 aliphatic heterocycles. The normalized spacial score (nSPS) is 24.8. The van der Waals surface area contributed by atoms with Crippen LogP contribution in [-0.2, 0) is 4.79 Å². The van der Waals surface area contributed by atoms with Crippen LogP contribution in [-0.4, -0.2) is 46.3 Å². The molecular formula is C12H15NO4. The third-order valence-corrected chi connectivity index (χ3v) is 2.72. The van der Waals surface area contributed by atoms with E-state index in [1.807, 2.05) is 13.0 Å². The van der Waals surface area contributed by atoms with E-state index in [1.165, 1.54) is 11.0 Å². The minimum atomic E-state index is -0.849. The Labute approximate surface area is 99.0 Å². The van der Waals surface area contributed by atoms with Crippen LogP contribution in [0.3, 0.4) is 0 Å². The van der Waals surface area contributed by atoms with Crippen LogP contribution < -0.4 is 0 Å². The van der Waals surface area contributed by atoms with Gasteiger partial charge in [-0.1, -0.05) is 0 Å². The summed E-state index contributed by atoms with van der Waals surface area (Å²) in [6.07, 6.45) is 1.26. The predicted octanol–water partition coefficient (Wildman–Crippen LogP) is 0.165. The summed E-state index contributed by atoms with van der Waals surface area (Å²) < 4.78 is 5.28. The molecule has 1 aliphatic rings. The Hall–Kier alpha value is -1.59. The van der Waals surface area contributed by atoms with Crippen LogP contribution in [0.1, 0.15) is 11.5 Å². The SMILES string of the molecule is Cc1ccc(/C=C/C(=O)N2CC(O)C(O)C2)o1. The maximum Gasteiger partial charge on any atom is 0.246 e. The predicted molar refractivity (Wildman–Crippen MR) is 61.1 cm³/mol. The quantitative estimate of drug-likeness (QED) is 0.719. The van der Waals surface area contributed by atoms with Crippen LogP contribution in [0.2, 0.25) is 0 Å². The Balaban J connectivity index is 1.96. The first kappa shape index (κ1) is 11.9. The van der Waals surface area contributed by atoms with Crippen molar-refractivity contribution in [3.8, 4) is 0 Å². The maximum absolute atomic E-state index is 11.7. The molecule has 2 atom stereocenters. The third kappa shape index (κ3) is 2.75. The van der Waals surface area contributed by atoms with E-state index in [2.05, 4.69) is 0 Å². The number of nitrogens with zero attached hydrogens (tertiary/aromatic N) is 1. The first-order valence-corrected chi connectivity index (χ1v) is 5.46. The summed E-state index contributed by atoms with van der Waals surface area (Å²) >= 11 is 0. The van der Waals surface area contributed by atoms with Crippen molar-refractivity contribution in [2.75, 3.05) is 13.1 Å². The van der Waals surface area contributed by atoms with Crippen molar-refractivity contribution in [2.24, 2.45) is 0 Å². The molecule has 2 N–H and O–H groups in total. The molecule has 0 saturated carbocycles. The first-order valence-electron chi connectivity index (χ1n) is 5.46. The molecule has 92 valence electrons. The molecule has 1 amide bonds. The van der Waals surface area contributed by atoms with E-state index in [1.54, 1.807) is 12.1 Å². The van der Waals surface area contributed by atoms with Crippen LogP contribution in [0.25, 0.3) is 6.08 Å². The topological polar surface area (TPSA) is 73.9 Å². The van der Waals surface area contributed by atoms with Crippen LogP contribution in [0.15, 0.2) is 22.6 Å². The number of aliphatic hydroxyl groups excluding tert-OH is 2. The first-order chi connectivity index (χ1) is 8.06. The van der Waals surface area contributed by atoms with Gasteiger partial charge in [-0.25, -0.2) is 0 Å². The second kappa shape index (κ2) is 4.73. The number of aryl methyl sites for hydroxylation is 1. The highest BCUT2D eigenvalue weighted by Crippen LogP contribution is 2.12. The average molecular weight is 237 g/mol. The lowest BCUT2D eigenvalue weighted by molar-refractivity contribution is -0.125. The Morgan fingerprint density at radius 2 is 2.06 bits per heavy atom. The van der Waals surface area contributed by atoms with Crippen LogP contribution in [0.4, 0.5) is 0 Å². The van der Waals surface area contributed by atoms with Gasteiger partial charge in [0.05, 0.1) is 12.2 Å². The molecule has 0 radical (unpaired) electrons. The molecule has 5 nitrogen and oxygen atoms in total. The van der Waals surface area contributed by atoms with E-state index >= 15 is 0 Å². The molecule has 17 heavy (non-hydrogen) atoms. The number of rotatable bonds is 2. The minimum absolute atomic E-state index is 0.168. The van der Waals surface area contributed by atoms with Gasteiger partial charge in [0.1, 0.15) is 11.5 Å². The fourth-order valence-electron chi connectivity index (χ4n) is 1.75. The third-order valence-electron chi connectivity index (χ3n) is 2.72. The molecule has 1 aromatic heterocycles. The standard InChI is InChI=1S/C12H15NO4/c1-8-2-3-9(17-8)4-5-12(16)13-6-10(14)11(15)7-13/h2-5,10-11,14-15H,6-7H2,1H3/b5-4+. The van der Waals surface area contributed by atoms with Crippen molar-refractivity contribution < 1.29 is 19.4 Å². The number of amides is 1. The van der Waals surface area contributed by atoms with Gasteiger partial charge >= 0.3 is 0 Å². The van der Waals surface area contributed by atoms with Crippen LogP contribution in [0, 0.1) is 6.92 Å². The van der Waals surface area contributed by atoms with Crippen molar-refractivity contribution in [2.45, 2.75) is 19.1 Å². The fraction of sp³-hybridized carbons (Fsp3) is 0.417. The highest BCUT2D eigenvalue weighted by molar-refractivity contribution is 5.91. The highest BCUT2D eigenvalue weighted by Gasteiger charge is 2.31. The van der Waals surface area contributed by atoms with E-state index in [0.717, 1.165) is 5.76 Å². The van der Waals surface area contributed by atoms with E-state index < -0.39 is 12.2 Å². The molecule has 0 bridgehead atoms. The Kier molecular flexibility index (Phi) is 3.31. The fourth-order valence-corrected chi connectivity index (χ4v) is 1.75. The van der Waals surface area contributed by atoms with Gasteiger partial charge < -0.3 is 19.5 Å². The number of aliphatic hydroxyl groups is 2. The van der Waals surface area contributed by atoms with Gasteiger partial charge in [0.15, 0.2) is 0 Å². The number of carbonyl (C=O) groups is 1. The molecule has 1 fully saturated rings. The average Bonchev–Trinajstić information content (AvgIpc) is 2.83. The lowest BCUT2D eigenvalue weighted by Crippen LogP contribution is -2.27. The van der Waals surface area contributed by atoms with E-state index in [-0.39, 0.29) is 19.0 Å². The minimum Gasteiger partial charge on any atom is -0.462 e. The molecule has 2 rings (SSSR count). The van der Waals surface area contributed by atoms with Gasteiger partial charge in [-0.3, -0.25) is 4.79 Å². The summed E-state index contributed by atoms with van der Waals surface area (Å²) in [7, 11) is 0. The summed E-state index contributed by atoms with van der Waals surface area (Å²) in [5.41, 5.74) is 0. The van der Waals surface area contributed by atoms with Gasteiger partial charge in [0.25, 0.3) is 0 Å². The summed E-state index contributed by atoms with van der Waals surface area (Å²) in [4.78, 5) is 13.1. The number of carbonyl (C=O) groups excluding carboxylic acids is 1. The van der Waals surface area contributed by atoms with Crippen LogP contribution in [0.5, 0.6) is 0 Å². The van der Waals surface area contributed by atoms with Crippen molar-refractivity contribution in [1.82, 2.24) is 4.90 Å². The zero-order valence-electron chi connectivity index (χ0n) is 9.54. The number of hydrogen-bond acceptors (Lipinski definition) is 4. The van der Waals surface area contributed by atoms with Gasteiger partial charge in [0, 0.05) is 19.2 Å². The Bertz CT molecular complexity index is 427. The lowest BCUT2D eigenvalue weighted by Gasteiger charge is -2.11. The number of β-amino-alcohol motifs (C(OH)–C–C–N with tert-alkyl or cyclic N) is 2. The van der Waals surface area contributed by atoms with Gasteiger partial charge in [-0.05, 0) is 25.1 Å². The molecule has 0 spiro atoms. The number of hydrogen-bond donors (Lipinski definition) is 2. The lowest BCUT2D eigenvalue weighted by atomic mass is 10.3. The van der Waals surface area contributed by atoms with E-state index in [0.29, 0.717) is 5.76 Å². The van der Waals surface area contributed by atoms with Crippen molar-refractivity contribution >= 4 is 12.0 Å². The molecule has 2 unspecified atom stereocenters. The van der Waals surface area contributed by atoms with Gasteiger partial charge in [-0.2, -0.15) is 0 Å². The smallest absolute Gasteiger partial charge is 0.246 e. The summed E-state index contributed by atoms with van der Waals surface area (Å²) in [6.45, 7) is 2.16. The monoisotopic (exact) mass is 237 g/mol. The molecule has 0 aliphatic carbocycles. The highest BCUT2D eigenvalue weighted by atomic mass is 16.3. The second-order valence-corrected chi connectivity index (χ2v) is 4.16. The van der Waals surface area contributed by atoms with Crippen molar-refractivity contribution in [1.29, 1.82) is 0 Å². The van der Waals surface area contributed by atoms with Crippen molar-refractivity contribution in [3.05, 3.63) is 29.7 Å². The summed E-state index contributed by atoms with van der Waals surface area (Å²) in [5, 5.41) is 18.6. The molecule has 1 aromatic rings. The summed E-state index contributed by atoms with van der Waals surface area (Å²) in [5.74, 6) is 1.15. The van der Waals surface area contributed by atoms with E-state index in [4.69, 9.17) is 4.42 Å². The molecular weight excluding hydrogens is 222 g/mol. The summed E-state index contributed by atoms with van der Waals surface area (Å²) in [6, 6.07) is 3.58. The molecule has 1 saturated heterocycles. The zero-order chi connectivity index (χ0) is 12.4. The largest absolute Gasteiger partial charge is 0.462 e. The van der Waals surface area contributed by atoms with Crippen LogP contribution >= 0.6 is 0 Å². The van der Waals surface area contributed by atoms with Crippen molar-refractivity contribution in [3.63, 3.8) is 0 Å². The van der Waals surface area contributed by atoms with E-state index in [9.17, 15) is 15.0 Å². The Morgan fingerprint density at radius 3 is 2.59 bits per heavy atom. The van der Waals surface area contributed by atoms with Gasteiger partial charge in [0.2, 0.25) is 5.91 Å². The van der Waals surface area contributed by atoms with Gasteiger partial charge in [-0.15, -0.1) is 0 Å². The molecule has 0 aromatic carbocycles. The molecule has 5 heteroatoms. The maximum atomic E-state index is 11.7. The number of furan rings is 1.